The molecule has 14 heavy (non-hydrogen) atoms. The zero-order chi connectivity index (χ0) is 10.1. The monoisotopic (exact) mass is 207 g/mol. The summed E-state index contributed by atoms with van der Waals surface area (Å²) < 4.78 is 2.05. The summed E-state index contributed by atoms with van der Waals surface area (Å²) in [6.45, 7) is 4.26. The van der Waals surface area contributed by atoms with E-state index in [1.54, 1.807) is 11.3 Å². The maximum Gasteiger partial charge on any atom is 0.105 e. The molecule has 0 aromatic carbocycles. The minimum atomic E-state index is 0.115. The van der Waals surface area contributed by atoms with E-state index < -0.39 is 0 Å². The third kappa shape index (κ3) is 1.38. The average molecular weight is 207 g/mol. The molecule has 3 heteroatoms. The fourth-order valence-corrected chi connectivity index (χ4v) is 2.65. The molecule has 0 bridgehead atoms. The number of aryl methyl sites for hydroxylation is 1. The van der Waals surface area contributed by atoms with Crippen molar-refractivity contribution in [3.8, 4) is 5.00 Å². The molecule has 2 rings (SSSR count). The molecule has 0 aliphatic heterocycles. The van der Waals surface area contributed by atoms with Crippen molar-refractivity contribution in [2.24, 2.45) is 0 Å². The number of hydrogen-bond donors (Lipinski definition) is 1. The average Bonchev–Trinajstić information content (AvgIpc) is 2.76. The normalized spacial score (nSPS) is 10.8. The van der Waals surface area contributed by atoms with E-state index in [0.29, 0.717) is 0 Å². The van der Waals surface area contributed by atoms with Crippen molar-refractivity contribution in [1.29, 1.82) is 0 Å². The highest BCUT2D eigenvalue weighted by atomic mass is 32.1. The van der Waals surface area contributed by atoms with Gasteiger partial charge in [-0.25, -0.2) is 0 Å². The van der Waals surface area contributed by atoms with Crippen LogP contribution in [0.25, 0.3) is 5.00 Å². The summed E-state index contributed by atoms with van der Waals surface area (Å²) in [6, 6.07) is 3.98. The lowest BCUT2D eigenvalue weighted by atomic mass is 10.2. The summed E-state index contributed by atoms with van der Waals surface area (Å²) in [5, 5.41) is 10.4. The lowest BCUT2D eigenvalue weighted by Crippen LogP contribution is -1.93. The summed E-state index contributed by atoms with van der Waals surface area (Å²) in [4.78, 5) is 1.28. The summed E-state index contributed by atoms with van der Waals surface area (Å²) >= 11 is 1.73. The Morgan fingerprint density at radius 1 is 1.29 bits per heavy atom. The molecule has 0 unspecified atom stereocenters. The Morgan fingerprint density at radius 3 is 2.50 bits per heavy atom. The molecule has 0 atom stereocenters. The fourth-order valence-electron chi connectivity index (χ4n) is 1.52. The van der Waals surface area contributed by atoms with Crippen LogP contribution in [0, 0.1) is 13.8 Å². The van der Waals surface area contributed by atoms with Crippen LogP contribution in [0.2, 0.25) is 0 Å². The van der Waals surface area contributed by atoms with Gasteiger partial charge in [0.15, 0.2) is 0 Å². The van der Waals surface area contributed by atoms with Crippen molar-refractivity contribution in [2.75, 3.05) is 0 Å². The van der Waals surface area contributed by atoms with Crippen LogP contribution >= 0.6 is 11.3 Å². The lowest BCUT2D eigenvalue weighted by Gasteiger charge is -2.02. The third-order valence-electron chi connectivity index (χ3n) is 2.49. The molecule has 0 saturated carbocycles. The van der Waals surface area contributed by atoms with Crippen molar-refractivity contribution in [2.45, 2.75) is 20.5 Å². The Balaban J connectivity index is 2.59. The largest absolute Gasteiger partial charge is 0.392 e. The first-order valence-electron chi connectivity index (χ1n) is 4.57. The maximum atomic E-state index is 9.30. The van der Waals surface area contributed by atoms with Crippen molar-refractivity contribution in [1.82, 2.24) is 4.57 Å². The van der Waals surface area contributed by atoms with Gasteiger partial charge in [0.05, 0.1) is 6.61 Å². The highest BCUT2D eigenvalue weighted by Crippen LogP contribution is 2.30. The molecule has 0 amide bonds. The molecule has 2 aromatic rings. The summed E-state index contributed by atoms with van der Waals surface area (Å²) in [6.07, 6.45) is 4.01. The van der Waals surface area contributed by atoms with E-state index in [1.807, 2.05) is 24.5 Å². The highest BCUT2D eigenvalue weighted by molar-refractivity contribution is 7.14. The molecule has 2 nitrogen and oxygen atoms in total. The van der Waals surface area contributed by atoms with Gasteiger partial charge in [-0.2, -0.15) is 0 Å². The first-order valence-corrected chi connectivity index (χ1v) is 5.38. The number of aliphatic hydroxyl groups excluding tert-OH is 1. The fraction of sp³-hybridized carbons (Fsp3) is 0.273. The number of hydrogen-bond acceptors (Lipinski definition) is 2. The minimum absolute atomic E-state index is 0.115. The quantitative estimate of drug-likeness (QED) is 0.804. The maximum absolute atomic E-state index is 9.30. The number of thiophene rings is 1. The summed E-state index contributed by atoms with van der Waals surface area (Å²) in [5.74, 6) is 0. The van der Waals surface area contributed by atoms with Gasteiger partial charge in [0.1, 0.15) is 5.00 Å². The molecule has 2 aromatic heterocycles. The standard InChI is InChI=1S/C11H13NOS/c1-8-9(2)14-11(10(8)7-13)12-5-3-4-6-12/h3-6,13H,7H2,1-2H3. The van der Waals surface area contributed by atoms with Gasteiger partial charge in [0.2, 0.25) is 0 Å². The predicted molar refractivity (Wildman–Crippen MR) is 59.0 cm³/mol. The van der Waals surface area contributed by atoms with E-state index >= 15 is 0 Å². The summed E-state index contributed by atoms with van der Waals surface area (Å²) in [7, 11) is 0. The molecule has 0 aliphatic carbocycles. The van der Waals surface area contributed by atoms with Crippen molar-refractivity contribution >= 4 is 11.3 Å². The first kappa shape index (κ1) is 9.49. The Kier molecular flexibility index (Phi) is 2.44. The van der Waals surface area contributed by atoms with Gasteiger partial charge in [-0.3, -0.25) is 0 Å². The summed E-state index contributed by atoms with van der Waals surface area (Å²) in [5.41, 5.74) is 2.25. The first-order chi connectivity index (χ1) is 6.74. The smallest absolute Gasteiger partial charge is 0.105 e. The second-order valence-electron chi connectivity index (χ2n) is 3.32. The number of aromatic nitrogens is 1. The van der Waals surface area contributed by atoms with E-state index in [9.17, 15) is 5.11 Å². The second-order valence-corrected chi connectivity index (χ2v) is 4.52. The molecular weight excluding hydrogens is 194 g/mol. The van der Waals surface area contributed by atoms with E-state index in [0.717, 1.165) is 10.6 Å². The van der Waals surface area contributed by atoms with Crippen LogP contribution in [0.5, 0.6) is 0 Å². The second kappa shape index (κ2) is 3.59. The molecular formula is C11H13NOS. The SMILES string of the molecule is Cc1sc(-n2cccc2)c(CO)c1C. The van der Waals surface area contributed by atoms with Crippen LogP contribution in [0.4, 0.5) is 0 Å². The molecule has 2 heterocycles. The van der Waals surface area contributed by atoms with E-state index in [2.05, 4.69) is 18.4 Å². The Morgan fingerprint density at radius 2 is 1.93 bits per heavy atom. The van der Waals surface area contributed by atoms with Gasteiger partial charge in [-0.05, 0) is 31.5 Å². The van der Waals surface area contributed by atoms with Crippen LogP contribution < -0.4 is 0 Å². The van der Waals surface area contributed by atoms with Gasteiger partial charge in [0.25, 0.3) is 0 Å². The van der Waals surface area contributed by atoms with Gasteiger partial charge in [0, 0.05) is 22.8 Å². The van der Waals surface area contributed by atoms with Gasteiger partial charge >= 0.3 is 0 Å². The van der Waals surface area contributed by atoms with Crippen LogP contribution in [-0.4, -0.2) is 9.67 Å². The van der Waals surface area contributed by atoms with E-state index in [4.69, 9.17) is 0 Å². The third-order valence-corrected chi connectivity index (χ3v) is 3.75. The van der Waals surface area contributed by atoms with Gasteiger partial charge in [-0.15, -0.1) is 11.3 Å². The Bertz CT molecular complexity index is 428. The Labute approximate surface area is 87.4 Å². The predicted octanol–water partition coefficient (Wildman–Crippen LogP) is 2.65. The van der Waals surface area contributed by atoms with Crippen molar-refractivity contribution < 1.29 is 5.11 Å². The minimum Gasteiger partial charge on any atom is -0.392 e. The van der Waals surface area contributed by atoms with E-state index in [-0.39, 0.29) is 6.61 Å². The number of nitrogens with zero attached hydrogens (tertiary/aromatic N) is 1. The highest BCUT2D eigenvalue weighted by Gasteiger charge is 2.12. The molecule has 0 radical (unpaired) electrons. The molecule has 0 fully saturated rings. The van der Waals surface area contributed by atoms with Crippen molar-refractivity contribution in [3.63, 3.8) is 0 Å². The van der Waals surface area contributed by atoms with Crippen LogP contribution in [0.1, 0.15) is 16.0 Å². The zero-order valence-corrected chi connectivity index (χ0v) is 9.14. The molecule has 1 N–H and O–H groups in total. The molecule has 0 saturated heterocycles. The van der Waals surface area contributed by atoms with Crippen LogP contribution in [0.15, 0.2) is 24.5 Å². The molecule has 74 valence electrons. The van der Waals surface area contributed by atoms with Crippen molar-refractivity contribution in [3.05, 3.63) is 40.5 Å². The lowest BCUT2D eigenvalue weighted by molar-refractivity contribution is 0.281. The van der Waals surface area contributed by atoms with Crippen LogP contribution in [-0.2, 0) is 6.61 Å². The topological polar surface area (TPSA) is 25.2 Å². The van der Waals surface area contributed by atoms with Crippen LogP contribution in [0.3, 0.4) is 0 Å². The molecule has 0 aliphatic rings. The number of rotatable bonds is 2. The number of aliphatic hydroxyl groups is 1. The zero-order valence-electron chi connectivity index (χ0n) is 8.32. The van der Waals surface area contributed by atoms with Gasteiger partial charge < -0.3 is 9.67 Å². The van der Waals surface area contributed by atoms with Gasteiger partial charge in [-0.1, -0.05) is 0 Å². The Hall–Kier alpha value is -1.06. The molecule has 0 spiro atoms. The van der Waals surface area contributed by atoms with E-state index in [1.165, 1.54) is 10.4 Å².